The van der Waals surface area contributed by atoms with Crippen LogP contribution in [0.3, 0.4) is 0 Å². The summed E-state index contributed by atoms with van der Waals surface area (Å²) in [7, 11) is -3.63. The summed E-state index contributed by atoms with van der Waals surface area (Å²) in [5.41, 5.74) is 0.832. The van der Waals surface area contributed by atoms with Crippen molar-refractivity contribution in [3.05, 3.63) is 29.1 Å². The number of sulfonamides is 1. The molecule has 4 nitrogen and oxygen atoms in total. The summed E-state index contributed by atoms with van der Waals surface area (Å²) in [5.74, 6) is -0.172. The molecule has 1 aromatic rings. The maximum atomic E-state index is 13.3. The maximum Gasteiger partial charge on any atom is 0.241 e. The molecule has 118 valence electrons. The van der Waals surface area contributed by atoms with E-state index in [0.29, 0.717) is 17.7 Å². The van der Waals surface area contributed by atoms with Gasteiger partial charge in [-0.05, 0) is 68.7 Å². The van der Waals surface area contributed by atoms with E-state index in [9.17, 15) is 17.9 Å². The second-order valence-corrected chi connectivity index (χ2v) is 7.60. The Morgan fingerprint density at radius 3 is 2.24 bits per heavy atom. The molecule has 0 saturated heterocycles. The molecule has 6 heteroatoms. The zero-order valence-corrected chi connectivity index (χ0v) is 13.2. The van der Waals surface area contributed by atoms with E-state index in [1.165, 1.54) is 12.1 Å². The lowest BCUT2D eigenvalue weighted by Gasteiger charge is -2.25. The van der Waals surface area contributed by atoms with Crippen LogP contribution < -0.4 is 4.72 Å². The molecule has 1 aromatic carbocycles. The van der Waals surface area contributed by atoms with Gasteiger partial charge in [-0.15, -0.1) is 0 Å². The van der Waals surface area contributed by atoms with Gasteiger partial charge >= 0.3 is 0 Å². The van der Waals surface area contributed by atoms with Gasteiger partial charge in [0.25, 0.3) is 0 Å². The minimum Gasteiger partial charge on any atom is -0.393 e. The monoisotopic (exact) mass is 315 g/mol. The number of aryl methyl sites for hydroxylation is 2. The Morgan fingerprint density at radius 1 is 1.19 bits per heavy atom. The van der Waals surface area contributed by atoms with Gasteiger partial charge in [0.05, 0.1) is 11.0 Å². The summed E-state index contributed by atoms with van der Waals surface area (Å²) in [4.78, 5) is 0.166. The molecular weight excluding hydrogens is 293 g/mol. The largest absolute Gasteiger partial charge is 0.393 e. The number of benzene rings is 1. The predicted molar refractivity (Wildman–Crippen MR) is 79.0 cm³/mol. The Bertz CT molecular complexity index is 584. The van der Waals surface area contributed by atoms with Gasteiger partial charge in [0.2, 0.25) is 10.0 Å². The molecule has 1 aliphatic carbocycles. The molecule has 0 heterocycles. The van der Waals surface area contributed by atoms with Crippen molar-refractivity contribution in [1.82, 2.24) is 4.72 Å². The summed E-state index contributed by atoms with van der Waals surface area (Å²) in [5, 5.41) is 9.46. The Morgan fingerprint density at radius 2 is 1.71 bits per heavy atom. The summed E-state index contributed by atoms with van der Waals surface area (Å²) in [6.45, 7) is 3.56. The molecule has 0 amide bonds. The van der Waals surface area contributed by atoms with Crippen LogP contribution in [0.15, 0.2) is 17.0 Å². The third-order valence-electron chi connectivity index (χ3n) is 4.07. The van der Waals surface area contributed by atoms with Gasteiger partial charge in [0.15, 0.2) is 0 Å². The molecule has 0 atom stereocenters. The molecule has 1 fully saturated rings. The number of hydrogen-bond acceptors (Lipinski definition) is 3. The molecule has 0 aliphatic heterocycles. The van der Waals surface area contributed by atoms with Crippen LogP contribution in [0.1, 0.15) is 36.8 Å². The van der Waals surface area contributed by atoms with Crippen molar-refractivity contribution in [3.8, 4) is 0 Å². The fourth-order valence-corrected chi connectivity index (χ4v) is 4.54. The smallest absolute Gasteiger partial charge is 0.241 e. The van der Waals surface area contributed by atoms with E-state index in [4.69, 9.17) is 0 Å². The molecule has 2 N–H and O–H groups in total. The van der Waals surface area contributed by atoms with Crippen LogP contribution in [0.4, 0.5) is 4.39 Å². The topological polar surface area (TPSA) is 66.4 Å². The number of hydrogen-bond donors (Lipinski definition) is 2. The van der Waals surface area contributed by atoms with E-state index in [2.05, 4.69) is 4.72 Å². The normalized spacial score (nSPS) is 23.2. The number of rotatable bonds is 4. The SMILES string of the molecule is Cc1cc(F)cc(C)c1S(=O)(=O)NCC1CCC(O)CC1. The first-order chi connectivity index (χ1) is 9.79. The zero-order valence-electron chi connectivity index (χ0n) is 12.4. The van der Waals surface area contributed by atoms with Crippen molar-refractivity contribution >= 4 is 10.0 Å². The fraction of sp³-hybridized carbons (Fsp3) is 0.600. The molecule has 1 aliphatic rings. The lowest BCUT2D eigenvalue weighted by molar-refractivity contribution is 0.109. The lowest BCUT2D eigenvalue weighted by atomic mass is 9.88. The van der Waals surface area contributed by atoms with E-state index < -0.39 is 15.8 Å². The lowest BCUT2D eigenvalue weighted by Crippen LogP contribution is -2.32. The van der Waals surface area contributed by atoms with Gasteiger partial charge < -0.3 is 5.11 Å². The minimum atomic E-state index is -3.63. The highest BCUT2D eigenvalue weighted by Gasteiger charge is 2.24. The second kappa shape index (κ2) is 6.42. The molecule has 0 spiro atoms. The fourth-order valence-electron chi connectivity index (χ4n) is 2.97. The van der Waals surface area contributed by atoms with Crippen molar-refractivity contribution in [3.63, 3.8) is 0 Å². The van der Waals surface area contributed by atoms with Crippen molar-refractivity contribution < 1.29 is 17.9 Å². The first kappa shape index (κ1) is 16.4. The van der Waals surface area contributed by atoms with Gasteiger partial charge in [-0.25, -0.2) is 17.5 Å². The van der Waals surface area contributed by atoms with E-state index in [1.54, 1.807) is 13.8 Å². The molecular formula is C15H22FNO3S. The number of nitrogens with one attached hydrogen (secondary N) is 1. The van der Waals surface area contributed by atoms with Crippen molar-refractivity contribution in [2.75, 3.05) is 6.54 Å². The Labute approximate surface area is 125 Å². The highest BCUT2D eigenvalue weighted by Crippen LogP contribution is 2.25. The molecule has 0 unspecified atom stereocenters. The molecule has 0 radical (unpaired) electrons. The van der Waals surface area contributed by atoms with E-state index in [-0.39, 0.29) is 16.9 Å². The van der Waals surface area contributed by atoms with E-state index in [0.717, 1.165) is 25.7 Å². The van der Waals surface area contributed by atoms with E-state index in [1.807, 2.05) is 0 Å². The van der Waals surface area contributed by atoms with Crippen LogP contribution in [-0.4, -0.2) is 26.2 Å². The quantitative estimate of drug-likeness (QED) is 0.896. The van der Waals surface area contributed by atoms with Gasteiger partial charge in [-0.2, -0.15) is 0 Å². The van der Waals surface area contributed by atoms with Gasteiger partial charge in [-0.3, -0.25) is 0 Å². The van der Waals surface area contributed by atoms with Crippen molar-refractivity contribution in [1.29, 1.82) is 0 Å². The van der Waals surface area contributed by atoms with Crippen LogP contribution in [0, 0.1) is 25.6 Å². The molecule has 2 rings (SSSR count). The first-order valence-corrected chi connectivity index (χ1v) is 8.72. The maximum absolute atomic E-state index is 13.3. The Kier molecular flexibility index (Phi) is 5.01. The molecule has 0 bridgehead atoms. The average Bonchev–Trinajstić information content (AvgIpc) is 2.36. The van der Waals surface area contributed by atoms with Gasteiger partial charge in [0.1, 0.15) is 5.82 Å². The average molecular weight is 315 g/mol. The predicted octanol–water partition coefficient (Wildman–Crippen LogP) is 2.27. The zero-order chi connectivity index (χ0) is 15.6. The highest BCUT2D eigenvalue weighted by atomic mass is 32.2. The van der Waals surface area contributed by atoms with E-state index >= 15 is 0 Å². The summed E-state index contributed by atoms with van der Waals surface area (Å²) >= 11 is 0. The van der Waals surface area contributed by atoms with Crippen molar-refractivity contribution in [2.45, 2.75) is 50.5 Å². The van der Waals surface area contributed by atoms with Crippen molar-refractivity contribution in [2.24, 2.45) is 5.92 Å². The first-order valence-electron chi connectivity index (χ1n) is 7.24. The number of aliphatic hydroxyl groups is 1. The third kappa shape index (κ3) is 4.02. The summed E-state index contributed by atoms with van der Waals surface area (Å²) < 4.78 is 40.7. The Hall–Kier alpha value is -0.980. The summed E-state index contributed by atoms with van der Waals surface area (Å²) in [6.07, 6.45) is 2.84. The van der Waals surface area contributed by atoms with Crippen LogP contribution in [-0.2, 0) is 10.0 Å². The molecule has 1 saturated carbocycles. The summed E-state index contributed by atoms with van der Waals surface area (Å²) in [6, 6.07) is 2.47. The molecule has 0 aromatic heterocycles. The number of aliphatic hydroxyl groups excluding tert-OH is 1. The highest BCUT2D eigenvalue weighted by molar-refractivity contribution is 7.89. The molecule has 21 heavy (non-hydrogen) atoms. The standard InChI is InChI=1S/C15H22FNO3S/c1-10-7-13(16)8-11(2)15(10)21(19,20)17-9-12-3-5-14(18)6-4-12/h7-8,12,14,17-18H,3-6,9H2,1-2H3. The number of halogens is 1. The van der Waals surface area contributed by atoms with Crippen LogP contribution >= 0.6 is 0 Å². The van der Waals surface area contributed by atoms with Crippen LogP contribution in [0.2, 0.25) is 0 Å². The van der Waals surface area contributed by atoms with Crippen LogP contribution in [0.5, 0.6) is 0 Å². The van der Waals surface area contributed by atoms with Crippen LogP contribution in [0.25, 0.3) is 0 Å². The Balaban J connectivity index is 2.09. The van der Waals surface area contributed by atoms with Gasteiger partial charge in [-0.1, -0.05) is 0 Å². The second-order valence-electron chi connectivity index (χ2n) is 5.90. The van der Waals surface area contributed by atoms with Gasteiger partial charge in [0, 0.05) is 6.54 Å². The minimum absolute atomic E-state index is 0.166. The third-order valence-corrected chi connectivity index (χ3v) is 5.80.